The Morgan fingerprint density at radius 2 is 0.541 bits per heavy atom. The molecule has 3 nitrogen and oxygen atoms in total. The van der Waals surface area contributed by atoms with Crippen LogP contribution in [0.5, 0.6) is 0 Å². The van der Waals surface area contributed by atoms with Gasteiger partial charge in [0.2, 0.25) is 0 Å². The minimum Gasteiger partial charge on any atom is -0.393 e. The minimum absolute atomic E-state index is 0. The van der Waals surface area contributed by atoms with Gasteiger partial charge in [0, 0.05) is 29.9 Å². The molecule has 0 aliphatic carbocycles. The van der Waals surface area contributed by atoms with Crippen molar-refractivity contribution in [2.45, 2.75) is 200 Å². The smallest absolute Gasteiger partial charge is 0.313 e. The molecule has 0 saturated carbocycles. The molecule has 0 fully saturated rings. The number of unbranched alkanes of at least 4 members (excludes halogenated alkanes) is 25. The second kappa shape index (κ2) is 33.7. The molecule has 0 aromatic heterocycles. The van der Waals surface area contributed by atoms with Gasteiger partial charge in [-0.15, -0.1) is 0 Å². The van der Waals surface area contributed by atoms with Gasteiger partial charge in [-0.05, 0) is 12.8 Å². The third-order valence-electron chi connectivity index (χ3n) is 7.45. The zero-order valence-electron chi connectivity index (χ0n) is 25.0. The number of ether oxygens (including phenoxy) is 1. The Bertz CT molecular complexity index is 466. The molecular formula is C33H64CuO3. The molecule has 0 N–H and O–H groups in total. The van der Waals surface area contributed by atoms with Crippen LogP contribution in [0.15, 0.2) is 0 Å². The molecule has 0 aliphatic rings. The van der Waals surface area contributed by atoms with Gasteiger partial charge >= 0.3 is 11.9 Å². The van der Waals surface area contributed by atoms with E-state index < -0.39 is 0 Å². The van der Waals surface area contributed by atoms with E-state index in [2.05, 4.69) is 13.8 Å². The Hall–Kier alpha value is -0.341. The Balaban J connectivity index is 0. The number of hydrogen-bond acceptors (Lipinski definition) is 3. The van der Waals surface area contributed by atoms with Gasteiger partial charge in [-0.25, -0.2) is 0 Å². The van der Waals surface area contributed by atoms with Crippen LogP contribution in [0, 0.1) is 0 Å². The Morgan fingerprint density at radius 1 is 0.351 bits per heavy atom. The Labute approximate surface area is 242 Å². The van der Waals surface area contributed by atoms with Crippen LogP contribution in [0.2, 0.25) is 0 Å². The summed E-state index contributed by atoms with van der Waals surface area (Å²) in [4.78, 5) is 23.7. The standard InChI is InChI=1S/C33H64O3.Cu/c1-3-5-7-9-11-13-15-17-19-21-23-25-27-29-31-33(35)36-32(34)30-28-26-24-22-20-18-16-14-12-10-8-6-4-2;/h3-31H2,1-2H3;. The average Bonchev–Trinajstić information content (AvgIpc) is 2.87. The molecule has 0 amide bonds. The maximum Gasteiger partial charge on any atom is 0.313 e. The fourth-order valence-corrected chi connectivity index (χ4v) is 4.98. The van der Waals surface area contributed by atoms with E-state index >= 15 is 0 Å². The maximum atomic E-state index is 11.9. The maximum absolute atomic E-state index is 11.9. The number of carbonyl (C=O) groups excluding carboxylic acids is 2. The molecule has 4 heteroatoms. The van der Waals surface area contributed by atoms with Gasteiger partial charge in [0.15, 0.2) is 0 Å². The van der Waals surface area contributed by atoms with Crippen molar-refractivity contribution in [2.24, 2.45) is 0 Å². The predicted octanol–water partition coefficient (Wildman–Crippen LogP) is 11.4. The molecule has 0 heterocycles. The van der Waals surface area contributed by atoms with E-state index in [0.29, 0.717) is 12.8 Å². The van der Waals surface area contributed by atoms with Gasteiger partial charge in [0.05, 0.1) is 0 Å². The van der Waals surface area contributed by atoms with Crippen LogP contribution < -0.4 is 0 Å². The van der Waals surface area contributed by atoms with Crippen molar-refractivity contribution in [3.8, 4) is 0 Å². The zero-order valence-corrected chi connectivity index (χ0v) is 26.0. The van der Waals surface area contributed by atoms with Crippen molar-refractivity contribution in [1.29, 1.82) is 0 Å². The van der Waals surface area contributed by atoms with Crippen LogP contribution in [-0.2, 0) is 31.4 Å². The first kappa shape index (κ1) is 38.8. The Morgan fingerprint density at radius 3 is 0.757 bits per heavy atom. The fourth-order valence-electron chi connectivity index (χ4n) is 4.98. The van der Waals surface area contributed by atoms with Gasteiger partial charge in [0.1, 0.15) is 0 Å². The SMILES string of the molecule is CCCCCCCCCCCCCCCCC(=O)OC(=O)CCCCCCCCCCCCCCC.[Cu]. The van der Waals surface area contributed by atoms with E-state index in [0.717, 1.165) is 25.7 Å². The summed E-state index contributed by atoms with van der Waals surface area (Å²) in [5, 5.41) is 0. The van der Waals surface area contributed by atoms with Gasteiger partial charge in [-0.3, -0.25) is 9.59 Å². The van der Waals surface area contributed by atoms with Crippen molar-refractivity contribution in [3.63, 3.8) is 0 Å². The number of hydrogen-bond donors (Lipinski definition) is 0. The first-order valence-electron chi connectivity index (χ1n) is 16.4. The van der Waals surface area contributed by atoms with Gasteiger partial charge < -0.3 is 4.74 Å². The summed E-state index contributed by atoms with van der Waals surface area (Å²) in [6, 6.07) is 0. The molecule has 0 spiro atoms. The summed E-state index contributed by atoms with van der Waals surface area (Å²) in [5.41, 5.74) is 0. The fraction of sp³-hybridized carbons (Fsp3) is 0.939. The topological polar surface area (TPSA) is 43.4 Å². The molecule has 0 saturated heterocycles. The van der Waals surface area contributed by atoms with Crippen LogP contribution in [0.3, 0.4) is 0 Å². The van der Waals surface area contributed by atoms with E-state index in [1.54, 1.807) is 0 Å². The van der Waals surface area contributed by atoms with E-state index in [9.17, 15) is 9.59 Å². The summed E-state index contributed by atoms with van der Waals surface area (Å²) in [6.45, 7) is 4.54. The quantitative estimate of drug-likeness (QED) is 0.0388. The second-order valence-corrected chi connectivity index (χ2v) is 11.2. The average molecular weight is 572 g/mol. The molecule has 0 unspecified atom stereocenters. The number of esters is 2. The molecule has 0 aromatic rings. The van der Waals surface area contributed by atoms with E-state index in [-0.39, 0.29) is 29.0 Å². The van der Waals surface area contributed by atoms with Gasteiger partial charge in [0.25, 0.3) is 0 Å². The molecule has 37 heavy (non-hydrogen) atoms. The molecule has 225 valence electrons. The first-order chi connectivity index (χ1) is 17.7. The summed E-state index contributed by atoms with van der Waals surface area (Å²) < 4.78 is 4.99. The largest absolute Gasteiger partial charge is 0.393 e. The van der Waals surface area contributed by atoms with Crippen molar-refractivity contribution < 1.29 is 31.4 Å². The summed E-state index contributed by atoms with van der Waals surface area (Å²) in [5.74, 6) is -0.651. The monoisotopic (exact) mass is 571 g/mol. The van der Waals surface area contributed by atoms with Gasteiger partial charge in [-0.1, -0.05) is 174 Å². The van der Waals surface area contributed by atoms with Crippen LogP contribution in [0.25, 0.3) is 0 Å². The number of rotatable bonds is 29. The third-order valence-corrected chi connectivity index (χ3v) is 7.45. The second-order valence-electron chi connectivity index (χ2n) is 11.2. The number of carbonyl (C=O) groups is 2. The van der Waals surface area contributed by atoms with Crippen LogP contribution in [0.1, 0.15) is 200 Å². The van der Waals surface area contributed by atoms with Crippen LogP contribution in [0.4, 0.5) is 0 Å². The summed E-state index contributed by atoms with van der Waals surface area (Å²) in [7, 11) is 0. The normalized spacial score (nSPS) is 10.9. The summed E-state index contributed by atoms with van der Waals surface area (Å²) in [6.07, 6.45) is 35.7. The minimum atomic E-state index is -0.326. The predicted molar refractivity (Wildman–Crippen MR) is 156 cm³/mol. The molecule has 0 bridgehead atoms. The van der Waals surface area contributed by atoms with Gasteiger partial charge in [-0.2, -0.15) is 0 Å². The van der Waals surface area contributed by atoms with Crippen molar-refractivity contribution in [2.75, 3.05) is 0 Å². The molecular weight excluding hydrogens is 508 g/mol. The molecule has 0 atom stereocenters. The van der Waals surface area contributed by atoms with Crippen LogP contribution in [-0.4, -0.2) is 11.9 Å². The third kappa shape index (κ3) is 33.6. The zero-order chi connectivity index (χ0) is 26.4. The Kier molecular flexibility index (Phi) is 35.3. The summed E-state index contributed by atoms with van der Waals surface area (Å²) >= 11 is 0. The van der Waals surface area contributed by atoms with Crippen LogP contribution >= 0.6 is 0 Å². The molecule has 0 rings (SSSR count). The van der Waals surface area contributed by atoms with E-state index in [1.807, 2.05) is 0 Å². The molecule has 0 aromatic carbocycles. The van der Waals surface area contributed by atoms with Crippen molar-refractivity contribution in [1.82, 2.24) is 0 Å². The molecule has 0 aliphatic heterocycles. The van der Waals surface area contributed by atoms with Crippen molar-refractivity contribution in [3.05, 3.63) is 0 Å². The first-order valence-corrected chi connectivity index (χ1v) is 16.4. The molecule has 1 radical (unpaired) electrons. The van der Waals surface area contributed by atoms with E-state index in [4.69, 9.17) is 4.74 Å². The van der Waals surface area contributed by atoms with Crippen molar-refractivity contribution >= 4 is 11.9 Å². The van der Waals surface area contributed by atoms with E-state index in [1.165, 1.54) is 148 Å².